The van der Waals surface area contributed by atoms with Crippen molar-refractivity contribution in [2.24, 2.45) is 16.7 Å². The molecule has 2 rings (SSSR count). The zero-order valence-electron chi connectivity index (χ0n) is 10.0. The highest BCUT2D eigenvalue weighted by Crippen LogP contribution is 2.67. The van der Waals surface area contributed by atoms with Gasteiger partial charge in [-0.05, 0) is 24.2 Å². The molecule has 0 bridgehead atoms. The second-order valence-corrected chi connectivity index (χ2v) is 5.78. The van der Waals surface area contributed by atoms with Gasteiger partial charge in [-0.1, -0.05) is 26.8 Å². The number of aliphatic hydroxyl groups is 1. The van der Waals surface area contributed by atoms with E-state index < -0.39 is 5.79 Å². The number of rotatable bonds is 2. The van der Waals surface area contributed by atoms with Gasteiger partial charge in [0.2, 0.25) is 0 Å². The number of fused-ring (bicyclic) bond motifs is 1. The van der Waals surface area contributed by atoms with Crippen LogP contribution in [-0.2, 0) is 4.74 Å². The molecule has 2 nitrogen and oxygen atoms in total. The van der Waals surface area contributed by atoms with Crippen molar-refractivity contribution in [1.82, 2.24) is 0 Å². The van der Waals surface area contributed by atoms with Crippen molar-refractivity contribution in [3.8, 4) is 0 Å². The Kier molecular flexibility index (Phi) is 2.29. The summed E-state index contributed by atoms with van der Waals surface area (Å²) in [7, 11) is 0. The quantitative estimate of drug-likeness (QED) is 0.710. The molecule has 1 aliphatic carbocycles. The molecule has 0 spiro atoms. The van der Waals surface area contributed by atoms with E-state index in [1.165, 1.54) is 0 Å². The molecule has 15 heavy (non-hydrogen) atoms. The molecule has 0 aromatic rings. The van der Waals surface area contributed by atoms with Crippen LogP contribution in [0.2, 0.25) is 0 Å². The minimum Gasteiger partial charge on any atom is -0.365 e. The second-order valence-electron chi connectivity index (χ2n) is 5.78. The minimum atomic E-state index is -0.913. The van der Waals surface area contributed by atoms with Crippen LogP contribution in [0.25, 0.3) is 0 Å². The third-order valence-electron chi connectivity index (χ3n) is 5.16. The van der Waals surface area contributed by atoms with Gasteiger partial charge in [-0.3, -0.25) is 0 Å². The highest BCUT2D eigenvalue weighted by molar-refractivity contribution is 5.14. The normalized spacial score (nSPS) is 47.9. The van der Waals surface area contributed by atoms with E-state index in [4.69, 9.17) is 4.74 Å². The van der Waals surface area contributed by atoms with Gasteiger partial charge in [-0.15, -0.1) is 6.58 Å². The van der Waals surface area contributed by atoms with Crippen LogP contribution in [0.5, 0.6) is 0 Å². The molecular formula is C13H22O2. The molecule has 1 heterocycles. The molecule has 1 N–H and O–H groups in total. The third kappa shape index (κ3) is 1.12. The molecule has 1 saturated carbocycles. The first-order valence-corrected chi connectivity index (χ1v) is 5.87. The lowest BCUT2D eigenvalue weighted by atomic mass is 9.61. The molecule has 0 aromatic carbocycles. The van der Waals surface area contributed by atoms with Gasteiger partial charge >= 0.3 is 0 Å². The van der Waals surface area contributed by atoms with Crippen LogP contribution < -0.4 is 0 Å². The first-order chi connectivity index (χ1) is 6.90. The molecule has 1 saturated heterocycles. The van der Waals surface area contributed by atoms with E-state index in [0.29, 0.717) is 12.5 Å². The fourth-order valence-electron chi connectivity index (χ4n) is 3.72. The predicted octanol–water partition coefficient (Wildman–Crippen LogP) is 2.72. The predicted molar refractivity (Wildman–Crippen MR) is 60.3 cm³/mol. The van der Waals surface area contributed by atoms with Crippen molar-refractivity contribution in [2.45, 2.75) is 45.8 Å². The zero-order valence-corrected chi connectivity index (χ0v) is 10.0. The topological polar surface area (TPSA) is 29.5 Å². The molecule has 2 fully saturated rings. The standard InChI is InChI=1S/C13H22O2/c1-5-6-12-7-8-15-13(12,14)9-10(2)11(12,3)4/h5,10,14H,1,6-9H2,2-4H3. The average molecular weight is 210 g/mol. The summed E-state index contributed by atoms with van der Waals surface area (Å²) >= 11 is 0. The lowest BCUT2D eigenvalue weighted by Gasteiger charge is -2.44. The Labute approximate surface area is 92.3 Å². The molecule has 0 radical (unpaired) electrons. The highest BCUT2D eigenvalue weighted by atomic mass is 16.6. The monoisotopic (exact) mass is 210 g/mol. The lowest BCUT2D eigenvalue weighted by Crippen LogP contribution is -2.47. The van der Waals surface area contributed by atoms with E-state index >= 15 is 0 Å². The molecule has 0 amide bonds. The number of ether oxygens (including phenoxy) is 1. The lowest BCUT2D eigenvalue weighted by molar-refractivity contribution is -0.224. The van der Waals surface area contributed by atoms with Gasteiger partial charge in [-0.2, -0.15) is 0 Å². The number of hydrogen-bond donors (Lipinski definition) is 1. The summed E-state index contributed by atoms with van der Waals surface area (Å²) in [5.41, 5.74) is -0.00634. The van der Waals surface area contributed by atoms with Crippen molar-refractivity contribution in [2.75, 3.05) is 6.61 Å². The van der Waals surface area contributed by atoms with Crippen molar-refractivity contribution in [3.63, 3.8) is 0 Å². The van der Waals surface area contributed by atoms with Crippen molar-refractivity contribution < 1.29 is 9.84 Å². The molecule has 86 valence electrons. The Morgan fingerprint density at radius 1 is 1.53 bits per heavy atom. The van der Waals surface area contributed by atoms with Gasteiger partial charge in [0.25, 0.3) is 0 Å². The summed E-state index contributed by atoms with van der Waals surface area (Å²) in [5, 5.41) is 10.6. The van der Waals surface area contributed by atoms with Crippen LogP contribution >= 0.6 is 0 Å². The minimum absolute atomic E-state index is 0.117. The Balaban J connectivity index is 2.47. The van der Waals surface area contributed by atoms with E-state index in [1.807, 2.05) is 6.08 Å². The summed E-state index contributed by atoms with van der Waals surface area (Å²) in [6.45, 7) is 11.2. The van der Waals surface area contributed by atoms with Crippen molar-refractivity contribution in [1.29, 1.82) is 0 Å². The fraction of sp³-hybridized carbons (Fsp3) is 0.846. The van der Waals surface area contributed by atoms with Crippen LogP contribution in [-0.4, -0.2) is 17.5 Å². The highest BCUT2D eigenvalue weighted by Gasteiger charge is 2.68. The first-order valence-electron chi connectivity index (χ1n) is 5.87. The molecule has 3 atom stereocenters. The number of hydrogen-bond acceptors (Lipinski definition) is 2. The Bertz CT molecular complexity index is 278. The van der Waals surface area contributed by atoms with E-state index in [2.05, 4.69) is 27.4 Å². The Hall–Kier alpha value is -0.340. The number of allylic oxidation sites excluding steroid dienone is 1. The first kappa shape index (κ1) is 11.2. The maximum atomic E-state index is 10.6. The van der Waals surface area contributed by atoms with E-state index in [-0.39, 0.29) is 10.8 Å². The third-order valence-corrected chi connectivity index (χ3v) is 5.16. The van der Waals surface area contributed by atoms with Crippen LogP contribution in [0.15, 0.2) is 12.7 Å². The molecule has 2 heteroatoms. The maximum Gasteiger partial charge on any atom is 0.172 e. The van der Waals surface area contributed by atoms with Gasteiger partial charge in [0.15, 0.2) is 5.79 Å². The molecule has 1 aliphatic heterocycles. The second kappa shape index (κ2) is 3.08. The van der Waals surface area contributed by atoms with Gasteiger partial charge in [0, 0.05) is 11.8 Å². The molecular weight excluding hydrogens is 188 g/mol. The molecule has 3 unspecified atom stereocenters. The van der Waals surface area contributed by atoms with E-state index in [9.17, 15) is 5.11 Å². The van der Waals surface area contributed by atoms with Crippen molar-refractivity contribution in [3.05, 3.63) is 12.7 Å². The van der Waals surface area contributed by atoms with E-state index in [0.717, 1.165) is 19.3 Å². The smallest absolute Gasteiger partial charge is 0.172 e. The molecule has 0 aromatic heterocycles. The maximum absolute atomic E-state index is 10.6. The van der Waals surface area contributed by atoms with Crippen LogP contribution in [0.3, 0.4) is 0 Å². The Morgan fingerprint density at radius 2 is 2.20 bits per heavy atom. The van der Waals surface area contributed by atoms with Crippen molar-refractivity contribution >= 4 is 0 Å². The van der Waals surface area contributed by atoms with Gasteiger partial charge in [0.1, 0.15) is 0 Å². The summed E-state index contributed by atoms with van der Waals surface area (Å²) in [5.74, 6) is -0.424. The van der Waals surface area contributed by atoms with Gasteiger partial charge in [0.05, 0.1) is 6.61 Å². The van der Waals surface area contributed by atoms with Crippen LogP contribution in [0, 0.1) is 16.7 Å². The SMILES string of the molecule is C=CCC12CCOC1(O)CC(C)C2(C)C. The largest absolute Gasteiger partial charge is 0.365 e. The van der Waals surface area contributed by atoms with Gasteiger partial charge < -0.3 is 9.84 Å². The Morgan fingerprint density at radius 3 is 2.80 bits per heavy atom. The molecule has 2 aliphatic rings. The average Bonchev–Trinajstić information content (AvgIpc) is 2.50. The van der Waals surface area contributed by atoms with Crippen LogP contribution in [0.4, 0.5) is 0 Å². The zero-order chi connectivity index (χ0) is 11.3. The summed E-state index contributed by atoms with van der Waals surface area (Å²) in [6.07, 6.45) is 4.49. The summed E-state index contributed by atoms with van der Waals surface area (Å²) < 4.78 is 5.63. The van der Waals surface area contributed by atoms with Gasteiger partial charge in [-0.25, -0.2) is 0 Å². The van der Waals surface area contributed by atoms with E-state index in [1.54, 1.807) is 0 Å². The summed E-state index contributed by atoms with van der Waals surface area (Å²) in [4.78, 5) is 0. The fourth-order valence-corrected chi connectivity index (χ4v) is 3.72. The summed E-state index contributed by atoms with van der Waals surface area (Å²) in [6, 6.07) is 0. The van der Waals surface area contributed by atoms with Crippen LogP contribution in [0.1, 0.15) is 40.0 Å².